The largest absolute Gasteiger partial charge is 0.352 e. The zero-order valence-electron chi connectivity index (χ0n) is 21.5. The average molecular weight is 575 g/mol. The molecule has 0 fully saturated rings. The van der Waals surface area contributed by atoms with E-state index in [9.17, 15) is 22.4 Å². The lowest BCUT2D eigenvalue weighted by atomic mass is 10.1. The minimum absolute atomic E-state index is 0.00905. The highest BCUT2D eigenvalue weighted by Crippen LogP contribution is 2.31. The van der Waals surface area contributed by atoms with E-state index in [2.05, 4.69) is 5.32 Å². The molecule has 2 rings (SSSR count). The maximum atomic E-state index is 13.4. The van der Waals surface area contributed by atoms with Crippen LogP contribution >= 0.6 is 23.2 Å². The lowest BCUT2D eigenvalue weighted by molar-refractivity contribution is -0.141. The number of sulfonamides is 1. The van der Waals surface area contributed by atoms with Crippen LogP contribution in [0, 0.1) is 5.82 Å². The summed E-state index contributed by atoms with van der Waals surface area (Å²) in [6.07, 6.45) is 2.33. The van der Waals surface area contributed by atoms with Crippen molar-refractivity contribution in [3.63, 3.8) is 0 Å². The van der Waals surface area contributed by atoms with Gasteiger partial charge in [0.05, 0.1) is 17.0 Å². The number of halogens is 3. The van der Waals surface area contributed by atoms with E-state index in [1.807, 2.05) is 20.8 Å². The van der Waals surface area contributed by atoms with Crippen LogP contribution in [0.2, 0.25) is 10.0 Å². The quantitative estimate of drug-likeness (QED) is 0.347. The molecule has 37 heavy (non-hydrogen) atoms. The Kier molecular flexibility index (Phi) is 11.7. The first-order valence-corrected chi connectivity index (χ1v) is 14.7. The van der Waals surface area contributed by atoms with Crippen molar-refractivity contribution in [3.05, 3.63) is 63.9 Å². The lowest BCUT2D eigenvalue weighted by Crippen LogP contribution is -2.50. The molecule has 2 atom stereocenters. The SMILES string of the molecule is CC[C@H](C)NC(=O)[C@H](CC)N(Cc1ccc(F)cc1)C(=O)CCCN(c1cc(Cl)ccc1Cl)S(C)(=O)=O. The van der Waals surface area contributed by atoms with Crippen molar-refractivity contribution in [2.24, 2.45) is 0 Å². The maximum absolute atomic E-state index is 13.4. The number of anilines is 1. The molecule has 2 aromatic rings. The van der Waals surface area contributed by atoms with Crippen LogP contribution in [0.1, 0.15) is 52.0 Å². The van der Waals surface area contributed by atoms with Crippen molar-refractivity contribution >= 4 is 50.7 Å². The Bertz CT molecular complexity index is 1180. The number of hydrogen-bond acceptors (Lipinski definition) is 4. The Morgan fingerprint density at radius 1 is 1.05 bits per heavy atom. The highest BCUT2D eigenvalue weighted by atomic mass is 35.5. The summed E-state index contributed by atoms with van der Waals surface area (Å²) in [5.41, 5.74) is 0.902. The van der Waals surface area contributed by atoms with Gasteiger partial charge in [-0.3, -0.25) is 13.9 Å². The second kappa shape index (κ2) is 14.0. The van der Waals surface area contributed by atoms with Gasteiger partial charge < -0.3 is 10.2 Å². The molecule has 2 amide bonds. The molecule has 0 saturated heterocycles. The molecule has 2 aromatic carbocycles. The molecule has 0 saturated carbocycles. The fourth-order valence-electron chi connectivity index (χ4n) is 3.81. The minimum atomic E-state index is -3.71. The van der Waals surface area contributed by atoms with Gasteiger partial charge in [0.1, 0.15) is 11.9 Å². The Hall–Kier alpha value is -2.36. The van der Waals surface area contributed by atoms with E-state index in [-0.39, 0.29) is 54.5 Å². The number of nitrogens with one attached hydrogen (secondary N) is 1. The highest BCUT2D eigenvalue weighted by molar-refractivity contribution is 7.92. The lowest BCUT2D eigenvalue weighted by Gasteiger charge is -2.32. The van der Waals surface area contributed by atoms with Crippen LogP contribution in [-0.2, 0) is 26.2 Å². The Labute approximate surface area is 229 Å². The predicted molar refractivity (Wildman–Crippen MR) is 147 cm³/mol. The zero-order valence-corrected chi connectivity index (χ0v) is 23.8. The molecule has 0 unspecified atom stereocenters. The van der Waals surface area contributed by atoms with E-state index >= 15 is 0 Å². The number of nitrogens with zero attached hydrogens (tertiary/aromatic N) is 2. The van der Waals surface area contributed by atoms with Crippen molar-refractivity contribution in [1.82, 2.24) is 10.2 Å². The summed E-state index contributed by atoms with van der Waals surface area (Å²) in [6, 6.07) is 9.47. The normalized spacial score (nSPS) is 13.1. The van der Waals surface area contributed by atoms with Crippen molar-refractivity contribution in [1.29, 1.82) is 0 Å². The van der Waals surface area contributed by atoms with E-state index in [0.29, 0.717) is 17.0 Å². The number of benzene rings is 2. The molecule has 1 N–H and O–H groups in total. The zero-order chi connectivity index (χ0) is 27.8. The first-order valence-electron chi connectivity index (χ1n) is 12.1. The fraction of sp³-hybridized carbons (Fsp3) is 0.462. The molecule has 0 spiro atoms. The van der Waals surface area contributed by atoms with Gasteiger partial charge in [0, 0.05) is 30.6 Å². The third kappa shape index (κ3) is 9.16. The third-order valence-corrected chi connectivity index (χ3v) is 7.72. The second-order valence-electron chi connectivity index (χ2n) is 8.92. The Morgan fingerprint density at radius 3 is 2.27 bits per heavy atom. The van der Waals surface area contributed by atoms with Crippen LogP contribution in [0.25, 0.3) is 0 Å². The molecule has 0 radical (unpaired) electrons. The van der Waals surface area contributed by atoms with E-state index in [4.69, 9.17) is 23.2 Å². The average Bonchev–Trinajstić information content (AvgIpc) is 2.83. The molecule has 11 heteroatoms. The summed E-state index contributed by atoms with van der Waals surface area (Å²) in [7, 11) is -3.71. The Morgan fingerprint density at radius 2 is 1.70 bits per heavy atom. The summed E-state index contributed by atoms with van der Waals surface area (Å²) in [5, 5.41) is 3.47. The van der Waals surface area contributed by atoms with Crippen molar-refractivity contribution in [3.8, 4) is 0 Å². The smallest absolute Gasteiger partial charge is 0.243 e. The van der Waals surface area contributed by atoms with Crippen LogP contribution in [0.5, 0.6) is 0 Å². The van der Waals surface area contributed by atoms with Gasteiger partial charge in [0.25, 0.3) is 0 Å². The molecule has 0 heterocycles. The third-order valence-electron chi connectivity index (χ3n) is 5.98. The van der Waals surface area contributed by atoms with Gasteiger partial charge >= 0.3 is 0 Å². The number of amides is 2. The van der Waals surface area contributed by atoms with E-state index in [1.54, 1.807) is 18.2 Å². The molecular weight excluding hydrogens is 540 g/mol. The second-order valence-corrected chi connectivity index (χ2v) is 11.7. The maximum Gasteiger partial charge on any atom is 0.243 e. The number of carbonyl (C=O) groups is 2. The minimum Gasteiger partial charge on any atom is -0.352 e. The number of carbonyl (C=O) groups excluding carboxylic acids is 2. The van der Waals surface area contributed by atoms with Gasteiger partial charge in [0.2, 0.25) is 21.8 Å². The van der Waals surface area contributed by atoms with E-state index in [0.717, 1.165) is 17.0 Å². The van der Waals surface area contributed by atoms with Crippen LogP contribution in [0.15, 0.2) is 42.5 Å². The van der Waals surface area contributed by atoms with Crippen molar-refractivity contribution in [2.75, 3.05) is 17.1 Å². The van der Waals surface area contributed by atoms with Gasteiger partial charge in [-0.2, -0.15) is 0 Å². The van der Waals surface area contributed by atoms with Crippen LogP contribution in [0.3, 0.4) is 0 Å². The highest BCUT2D eigenvalue weighted by Gasteiger charge is 2.29. The van der Waals surface area contributed by atoms with Crippen molar-refractivity contribution < 1.29 is 22.4 Å². The Balaban J connectivity index is 2.25. The molecule has 0 bridgehead atoms. The fourth-order valence-corrected chi connectivity index (χ4v) is 5.21. The number of hydrogen-bond donors (Lipinski definition) is 1. The first kappa shape index (κ1) is 30.9. The summed E-state index contributed by atoms with van der Waals surface area (Å²) in [6.45, 7) is 5.76. The van der Waals surface area contributed by atoms with E-state index < -0.39 is 21.9 Å². The van der Waals surface area contributed by atoms with Gasteiger partial charge in [-0.15, -0.1) is 0 Å². The van der Waals surface area contributed by atoms with Crippen LogP contribution in [-0.4, -0.2) is 50.0 Å². The van der Waals surface area contributed by atoms with Gasteiger partial charge in [-0.25, -0.2) is 12.8 Å². The number of rotatable bonds is 13. The summed E-state index contributed by atoms with van der Waals surface area (Å²) in [5.74, 6) is -0.986. The first-order chi connectivity index (χ1) is 17.4. The molecule has 0 aliphatic rings. The molecule has 7 nitrogen and oxygen atoms in total. The monoisotopic (exact) mass is 573 g/mol. The van der Waals surface area contributed by atoms with Gasteiger partial charge in [-0.05, 0) is 62.1 Å². The molecule has 0 aliphatic heterocycles. The standard InChI is InChI=1S/C26H34Cl2FN3O4S/c1-5-18(3)30-26(34)23(6-2)31(17-19-9-12-21(29)13-10-19)25(33)8-7-15-32(37(4,35)36)24-16-20(27)11-14-22(24)28/h9-14,16,18,23H,5-8,15,17H2,1-4H3,(H,30,34)/t18-,23-/m0/s1. The molecule has 204 valence electrons. The topological polar surface area (TPSA) is 86.8 Å². The summed E-state index contributed by atoms with van der Waals surface area (Å²) in [4.78, 5) is 27.9. The van der Waals surface area contributed by atoms with Gasteiger partial charge in [0.15, 0.2) is 0 Å². The molecule has 0 aliphatic carbocycles. The van der Waals surface area contributed by atoms with Crippen molar-refractivity contribution in [2.45, 2.75) is 65.1 Å². The van der Waals surface area contributed by atoms with E-state index in [1.165, 1.54) is 29.2 Å². The molecular formula is C26H34Cl2FN3O4S. The predicted octanol–water partition coefficient (Wildman–Crippen LogP) is 5.40. The van der Waals surface area contributed by atoms with Crippen LogP contribution < -0.4 is 9.62 Å². The summed E-state index contributed by atoms with van der Waals surface area (Å²) >= 11 is 12.3. The van der Waals surface area contributed by atoms with Gasteiger partial charge in [-0.1, -0.05) is 49.2 Å². The molecule has 0 aromatic heterocycles. The van der Waals surface area contributed by atoms with Crippen LogP contribution in [0.4, 0.5) is 10.1 Å². The summed E-state index contributed by atoms with van der Waals surface area (Å²) < 4.78 is 39.5.